The molecule has 7 heteroatoms. The molecule has 0 aliphatic rings. The summed E-state index contributed by atoms with van der Waals surface area (Å²) in [5.74, 6) is -0.793. The molecule has 0 aliphatic carbocycles. The quantitative estimate of drug-likeness (QED) is 0.874. The average Bonchev–Trinajstić information content (AvgIpc) is 2.41. The molecule has 2 N–H and O–H groups in total. The summed E-state index contributed by atoms with van der Waals surface area (Å²) in [6.45, 7) is 0. The number of nitrogens with zero attached hydrogens (tertiary/aromatic N) is 1. The van der Waals surface area contributed by atoms with Crippen molar-refractivity contribution < 1.29 is 9.18 Å². The molecule has 2 aromatic rings. The Balaban J connectivity index is 2.30. The van der Waals surface area contributed by atoms with E-state index in [-0.39, 0.29) is 11.4 Å². The zero-order valence-electron chi connectivity index (χ0n) is 10.4. The highest BCUT2D eigenvalue weighted by atomic mass is 79.9. The Bertz CT molecular complexity index is 666. The van der Waals surface area contributed by atoms with Crippen LogP contribution in [0.25, 0.3) is 0 Å². The Kier molecular flexibility index (Phi) is 4.57. The van der Waals surface area contributed by atoms with E-state index in [0.29, 0.717) is 10.7 Å². The summed E-state index contributed by atoms with van der Waals surface area (Å²) in [6.07, 6.45) is 1.04. The Hall–Kier alpha value is -1.66. The van der Waals surface area contributed by atoms with Crippen LogP contribution in [0.2, 0.25) is 5.02 Å². The van der Waals surface area contributed by atoms with Gasteiger partial charge in [0.2, 0.25) is 0 Å². The van der Waals surface area contributed by atoms with E-state index in [0.717, 1.165) is 16.7 Å². The Morgan fingerprint density at radius 3 is 2.80 bits per heavy atom. The third kappa shape index (κ3) is 3.26. The summed E-state index contributed by atoms with van der Waals surface area (Å²) in [5.41, 5.74) is 0.540. The maximum absolute atomic E-state index is 13.2. The highest BCUT2D eigenvalue weighted by Crippen LogP contribution is 2.26. The van der Waals surface area contributed by atoms with Crippen molar-refractivity contribution in [3.8, 4) is 0 Å². The summed E-state index contributed by atoms with van der Waals surface area (Å²) >= 11 is 9.29. The number of halogens is 3. The van der Waals surface area contributed by atoms with Gasteiger partial charge in [-0.1, -0.05) is 27.5 Å². The number of anilines is 2. The maximum atomic E-state index is 13.2. The van der Waals surface area contributed by atoms with Crippen LogP contribution in [0.3, 0.4) is 0 Å². The van der Waals surface area contributed by atoms with Crippen LogP contribution in [-0.2, 0) is 0 Å². The summed E-state index contributed by atoms with van der Waals surface area (Å²) in [4.78, 5) is 16.0. The first-order chi connectivity index (χ1) is 9.51. The molecular formula is C13H10BrClFN3O. The molecule has 20 heavy (non-hydrogen) atoms. The largest absolute Gasteiger partial charge is 0.372 e. The van der Waals surface area contributed by atoms with Crippen LogP contribution in [0.5, 0.6) is 0 Å². The monoisotopic (exact) mass is 357 g/mol. The molecule has 104 valence electrons. The predicted molar refractivity (Wildman–Crippen MR) is 80.8 cm³/mol. The standard InChI is InChI=1S/C13H10BrClFN3O/c1-17-12-9(5-8(16)6-18-12)13(20)19-11-3-2-7(14)4-10(11)15/h2-6H,1H3,(H,17,18)(H,19,20). The molecule has 1 amide bonds. The molecule has 0 saturated carbocycles. The van der Waals surface area contributed by atoms with E-state index in [2.05, 4.69) is 31.5 Å². The molecule has 0 aliphatic heterocycles. The fourth-order valence-corrected chi connectivity index (χ4v) is 2.31. The van der Waals surface area contributed by atoms with E-state index in [9.17, 15) is 9.18 Å². The van der Waals surface area contributed by atoms with Gasteiger partial charge in [-0.15, -0.1) is 0 Å². The van der Waals surface area contributed by atoms with Gasteiger partial charge >= 0.3 is 0 Å². The first kappa shape index (κ1) is 14.7. The van der Waals surface area contributed by atoms with Gasteiger partial charge in [0.05, 0.1) is 22.5 Å². The minimum absolute atomic E-state index is 0.103. The van der Waals surface area contributed by atoms with E-state index < -0.39 is 11.7 Å². The molecular weight excluding hydrogens is 349 g/mol. The maximum Gasteiger partial charge on any atom is 0.259 e. The minimum atomic E-state index is -0.587. The Morgan fingerprint density at radius 1 is 1.40 bits per heavy atom. The lowest BCUT2D eigenvalue weighted by Crippen LogP contribution is -2.15. The molecule has 0 bridgehead atoms. The lowest BCUT2D eigenvalue weighted by Gasteiger charge is -2.10. The van der Waals surface area contributed by atoms with Gasteiger partial charge < -0.3 is 10.6 Å². The van der Waals surface area contributed by atoms with Crippen molar-refractivity contribution in [1.29, 1.82) is 0 Å². The minimum Gasteiger partial charge on any atom is -0.372 e. The van der Waals surface area contributed by atoms with Gasteiger partial charge in [-0.25, -0.2) is 9.37 Å². The number of amides is 1. The van der Waals surface area contributed by atoms with Crippen LogP contribution in [0.15, 0.2) is 34.9 Å². The Labute approximate surface area is 128 Å². The van der Waals surface area contributed by atoms with E-state index >= 15 is 0 Å². The first-order valence-corrected chi connectivity index (χ1v) is 6.78. The highest BCUT2D eigenvalue weighted by molar-refractivity contribution is 9.10. The van der Waals surface area contributed by atoms with Crippen LogP contribution in [0.1, 0.15) is 10.4 Å². The number of carbonyl (C=O) groups excluding carboxylic acids is 1. The van der Waals surface area contributed by atoms with Crippen molar-refractivity contribution in [2.45, 2.75) is 0 Å². The first-order valence-electron chi connectivity index (χ1n) is 5.61. The summed E-state index contributed by atoms with van der Waals surface area (Å²) in [7, 11) is 1.60. The van der Waals surface area contributed by atoms with Gasteiger partial charge in [0, 0.05) is 11.5 Å². The highest BCUT2D eigenvalue weighted by Gasteiger charge is 2.14. The Morgan fingerprint density at radius 2 is 2.15 bits per heavy atom. The number of carbonyl (C=O) groups is 1. The van der Waals surface area contributed by atoms with Gasteiger partial charge in [0.1, 0.15) is 11.6 Å². The molecule has 1 heterocycles. The number of rotatable bonds is 3. The normalized spacial score (nSPS) is 10.2. The second-order valence-corrected chi connectivity index (χ2v) is 5.20. The number of aromatic nitrogens is 1. The van der Waals surface area contributed by atoms with Crippen LogP contribution in [-0.4, -0.2) is 17.9 Å². The van der Waals surface area contributed by atoms with Crippen LogP contribution in [0.4, 0.5) is 15.9 Å². The lowest BCUT2D eigenvalue weighted by atomic mass is 10.2. The molecule has 2 rings (SSSR count). The number of pyridine rings is 1. The summed E-state index contributed by atoms with van der Waals surface area (Å²) in [5, 5.41) is 5.73. The second-order valence-electron chi connectivity index (χ2n) is 3.88. The molecule has 0 unspecified atom stereocenters. The fraction of sp³-hybridized carbons (Fsp3) is 0.0769. The second kappa shape index (κ2) is 6.19. The van der Waals surface area contributed by atoms with Crippen LogP contribution < -0.4 is 10.6 Å². The molecule has 1 aromatic carbocycles. The SMILES string of the molecule is CNc1ncc(F)cc1C(=O)Nc1ccc(Br)cc1Cl. The van der Waals surface area contributed by atoms with Crippen LogP contribution in [0, 0.1) is 5.82 Å². The zero-order valence-corrected chi connectivity index (χ0v) is 12.7. The van der Waals surface area contributed by atoms with Gasteiger partial charge in [-0.05, 0) is 24.3 Å². The van der Waals surface area contributed by atoms with Gasteiger partial charge in [0.25, 0.3) is 5.91 Å². The number of hydrogen-bond acceptors (Lipinski definition) is 3. The van der Waals surface area contributed by atoms with Crippen molar-refractivity contribution in [3.05, 3.63) is 51.3 Å². The van der Waals surface area contributed by atoms with Crippen molar-refractivity contribution >= 4 is 44.9 Å². The number of benzene rings is 1. The summed E-state index contributed by atoms with van der Waals surface area (Å²) < 4.78 is 14.0. The van der Waals surface area contributed by atoms with E-state index in [1.54, 1.807) is 25.2 Å². The van der Waals surface area contributed by atoms with Crippen molar-refractivity contribution in [2.75, 3.05) is 17.7 Å². The van der Waals surface area contributed by atoms with Gasteiger partial charge in [-0.2, -0.15) is 0 Å². The van der Waals surface area contributed by atoms with Gasteiger partial charge in [0.15, 0.2) is 0 Å². The van der Waals surface area contributed by atoms with E-state index in [1.807, 2.05) is 0 Å². The fourth-order valence-electron chi connectivity index (χ4n) is 1.59. The predicted octanol–water partition coefficient (Wildman–Crippen LogP) is 3.93. The molecule has 4 nitrogen and oxygen atoms in total. The molecule has 1 aromatic heterocycles. The van der Waals surface area contributed by atoms with Crippen LogP contribution >= 0.6 is 27.5 Å². The summed E-state index contributed by atoms with van der Waals surface area (Å²) in [6, 6.07) is 6.15. The third-order valence-corrected chi connectivity index (χ3v) is 3.32. The van der Waals surface area contributed by atoms with E-state index in [1.165, 1.54) is 0 Å². The van der Waals surface area contributed by atoms with Crippen molar-refractivity contribution in [2.24, 2.45) is 0 Å². The number of nitrogens with one attached hydrogen (secondary N) is 2. The third-order valence-electron chi connectivity index (χ3n) is 2.52. The van der Waals surface area contributed by atoms with Crippen molar-refractivity contribution in [3.63, 3.8) is 0 Å². The molecule has 0 fully saturated rings. The van der Waals surface area contributed by atoms with E-state index in [4.69, 9.17) is 11.6 Å². The molecule has 0 saturated heterocycles. The molecule has 0 atom stereocenters. The zero-order chi connectivity index (χ0) is 14.7. The topological polar surface area (TPSA) is 54.0 Å². The lowest BCUT2D eigenvalue weighted by molar-refractivity contribution is 0.102. The number of hydrogen-bond donors (Lipinski definition) is 2. The molecule has 0 radical (unpaired) electrons. The van der Waals surface area contributed by atoms with Crippen molar-refractivity contribution in [1.82, 2.24) is 4.98 Å². The van der Waals surface area contributed by atoms with Gasteiger partial charge in [-0.3, -0.25) is 4.79 Å². The average molecular weight is 359 g/mol. The smallest absolute Gasteiger partial charge is 0.259 e. The molecule has 0 spiro atoms.